The highest BCUT2D eigenvalue weighted by atomic mass is 16.3. The van der Waals surface area contributed by atoms with Crippen molar-refractivity contribution in [2.45, 2.75) is 39.7 Å². The molecule has 1 N–H and O–H groups in total. The van der Waals surface area contributed by atoms with Crippen LogP contribution in [0.25, 0.3) is 0 Å². The summed E-state index contributed by atoms with van der Waals surface area (Å²) in [5.74, 6) is 0.516. The van der Waals surface area contributed by atoms with Gasteiger partial charge in [0.25, 0.3) is 0 Å². The van der Waals surface area contributed by atoms with Crippen molar-refractivity contribution in [2.75, 3.05) is 19.7 Å². The van der Waals surface area contributed by atoms with Gasteiger partial charge in [-0.2, -0.15) is 0 Å². The number of aryl methyl sites for hydroxylation is 2. The van der Waals surface area contributed by atoms with E-state index in [9.17, 15) is 9.90 Å². The molecule has 1 fully saturated rings. The lowest BCUT2D eigenvalue weighted by Crippen LogP contribution is -2.46. The van der Waals surface area contributed by atoms with Crippen LogP contribution in [0.2, 0.25) is 0 Å². The van der Waals surface area contributed by atoms with E-state index in [1.165, 1.54) is 0 Å². The molecule has 0 aliphatic carbocycles. The molecule has 3 nitrogen and oxygen atoms in total. The van der Waals surface area contributed by atoms with E-state index in [-0.39, 0.29) is 18.4 Å². The van der Waals surface area contributed by atoms with Gasteiger partial charge in [-0.05, 0) is 57.7 Å². The highest BCUT2D eigenvalue weighted by Crippen LogP contribution is 2.21. The van der Waals surface area contributed by atoms with Gasteiger partial charge in [-0.15, -0.1) is 0 Å². The third kappa shape index (κ3) is 3.28. The summed E-state index contributed by atoms with van der Waals surface area (Å²) in [6.45, 7) is 8.00. The Hall–Kier alpha value is -1.19. The van der Waals surface area contributed by atoms with Crippen LogP contribution in [0.3, 0.4) is 0 Å². The number of nitrogens with zero attached hydrogens (tertiary/aromatic N) is 1. The Morgan fingerprint density at radius 1 is 1.45 bits per heavy atom. The number of piperidine rings is 1. The minimum atomic E-state index is -0.107. The summed E-state index contributed by atoms with van der Waals surface area (Å²) in [4.78, 5) is 14.9. The fourth-order valence-corrected chi connectivity index (χ4v) is 2.99. The molecule has 20 heavy (non-hydrogen) atoms. The molecule has 2 unspecified atom stereocenters. The SMILES string of the molecule is Cc1ccc(C)c(C(=O)C(C)N2CCCC(CO)C2)c1. The topological polar surface area (TPSA) is 40.5 Å². The van der Waals surface area contributed by atoms with Gasteiger partial charge in [0.15, 0.2) is 5.78 Å². The first-order chi connectivity index (χ1) is 9.52. The smallest absolute Gasteiger partial charge is 0.179 e. The number of likely N-dealkylation sites (tertiary alicyclic amines) is 1. The Bertz CT molecular complexity index is 484. The molecule has 0 amide bonds. The van der Waals surface area contributed by atoms with Crippen LogP contribution < -0.4 is 0 Å². The van der Waals surface area contributed by atoms with Crippen LogP contribution in [-0.4, -0.2) is 41.5 Å². The molecular formula is C17H25NO2. The molecule has 1 aliphatic heterocycles. The van der Waals surface area contributed by atoms with E-state index in [2.05, 4.69) is 4.90 Å². The Labute approximate surface area is 121 Å². The average Bonchev–Trinajstić information content (AvgIpc) is 2.48. The number of aliphatic hydroxyl groups excluding tert-OH is 1. The van der Waals surface area contributed by atoms with Crippen LogP contribution in [0.1, 0.15) is 41.3 Å². The second-order valence-corrected chi connectivity index (χ2v) is 6.04. The minimum absolute atomic E-state index is 0.107. The van der Waals surface area contributed by atoms with Gasteiger partial charge in [0.2, 0.25) is 0 Å². The molecule has 0 aromatic heterocycles. The van der Waals surface area contributed by atoms with Crippen LogP contribution in [0.4, 0.5) is 0 Å². The van der Waals surface area contributed by atoms with Crippen molar-refractivity contribution in [3.63, 3.8) is 0 Å². The molecule has 1 heterocycles. The van der Waals surface area contributed by atoms with E-state index in [1.807, 2.05) is 39.0 Å². The minimum Gasteiger partial charge on any atom is -0.396 e. The summed E-state index contributed by atoms with van der Waals surface area (Å²) in [6, 6.07) is 5.94. The molecule has 0 bridgehead atoms. The predicted octanol–water partition coefficient (Wildman–Crippen LogP) is 2.58. The van der Waals surface area contributed by atoms with Gasteiger partial charge in [0.1, 0.15) is 0 Å². The molecule has 1 aromatic carbocycles. The highest BCUT2D eigenvalue weighted by molar-refractivity contribution is 6.01. The lowest BCUT2D eigenvalue weighted by atomic mass is 9.93. The van der Waals surface area contributed by atoms with Gasteiger partial charge < -0.3 is 5.11 Å². The van der Waals surface area contributed by atoms with Crippen LogP contribution in [-0.2, 0) is 0 Å². The van der Waals surface area contributed by atoms with Crippen molar-refractivity contribution in [2.24, 2.45) is 5.92 Å². The fraction of sp³-hybridized carbons (Fsp3) is 0.588. The summed E-state index contributed by atoms with van der Waals surface area (Å²) in [5.41, 5.74) is 3.00. The Kier molecular flexibility index (Phi) is 4.95. The van der Waals surface area contributed by atoms with Gasteiger partial charge in [0, 0.05) is 18.7 Å². The van der Waals surface area contributed by atoms with Crippen molar-refractivity contribution < 1.29 is 9.90 Å². The molecule has 3 heteroatoms. The predicted molar refractivity (Wildman–Crippen MR) is 81.1 cm³/mol. The van der Waals surface area contributed by atoms with E-state index in [1.54, 1.807) is 0 Å². The van der Waals surface area contributed by atoms with Crippen LogP contribution in [0.5, 0.6) is 0 Å². The van der Waals surface area contributed by atoms with Gasteiger partial charge >= 0.3 is 0 Å². The first kappa shape index (κ1) is 15.2. The summed E-state index contributed by atoms with van der Waals surface area (Å²) in [5, 5.41) is 9.32. The second kappa shape index (κ2) is 6.51. The molecule has 0 spiro atoms. The van der Waals surface area contributed by atoms with Crippen molar-refractivity contribution in [1.29, 1.82) is 0 Å². The molecule has 1 saturated heterocycles. The number of hydrogen-bond donors (Lipinski definition) is 1. The molecule has 2 rings (SSSR count). The van der Waals surface area contributed by atoms with Gasteiger partial charge in [-0.1, -0.05) is 17.7 Å². The molecular weight excluding hydrogens is 250 g/mol. The number of carbonyl (C=O) groups excluding carboxylic acids is 1. The van der Waals surface area contributed by atoms with E-state index >= 15 is 0 Å². The van der Waals surface area contributed by atoms with Crippen LogP contribution in [0.15, 0.2) is 18.2 Å². The lowest BCUT2D eigenvalue weighted by molar-refractivity contribution is 0.0673. The number of benzene rings is 1. The van der Waals surface area contributed by atoms with Crippen molar-refractivity contribution >= 4 is 5.78 Å². The molecule has 2 atom stereocenters. The van der Waals surface area contributed by atoms with Gasteiger partial charge in [-0.25, -0.2) is 0 Å². The monoisotopic (exact) mass is 275 g/mol. The number of rotatable bonds is 4. The number of ketones is 1. The zero-order valence-electron chi connectivity index (χ0n) is 12.7. The average molecular weight is 275 g/mol. The van der Waals surface area contributed by atoms with Crippen LogP contribution >= 0.6 is 0 Å². The third-order valence-electron chi connectivity index (χ3n) is 4.39. The van der Waals surface area contributed by atoms with Crippen molar-refractivity contribution in [3.05, 3.63) is 34.9 Å². The lowest BCUT2D eigenvalue weighted by Gasteiger charge is -2.35. The maximum absolute atomic E-state index is 12.7. The zero-order chi connectivity index (χ0) is 14.7. The third-order valence-corrected chi connectivity index (χ3v) is 4.39. The number of carbonyl (C=O) groups is 1. The molecule has 110 valence electrons. The Morgan fingerprint density at radius 2 is 2.20 bits per heavy atom. The molecule has 1 aliphatic rings. The number of Topliss-reactive ketones (excluding diaryl/α,β-unsaturated/α-hetero) is 1. The summed E-state index contributed by atoms with van der Waals surface area (Å²) < 4.78 is 0. The van der Waals surface area contributed by atoms with E-state index < -0.39 is 0 Å². The van der Waals surface area contributed by atoms with Crippen LogP contribution in [0, 0.1) is 19.8 Å². The highest BCUT2D eigenvalue weighted by Gasteiger charge is 2.28. The van der Waals surface area contributed by atoms with Gasteiger partial charge in [-0.3, -0.25) is 9.69 Å². The first-order valence-electron chi connectivity index (χ1n) is 7.49. The maximum Gasteiger partial charge on any atom is 0.179 e. The summed E-state index contributed by atoms with van der Waals surface area (Å²) in [7, 11) is 0. The molecule has 1 aromatic rings. The number of hydrogen-bond acceptors (Lipinski definition) is 3. The van der Waals surface area contributed by atoms with E-state index in [0.29, 0.717) is 5.92 Å². The van der Waals surface area contributed by atoms with Gasteiger partial charge in [0.05, 0.1) is 6.04 Å². The van der Waals surface area contributed by atoms with E-state index in [0.717, 1.165) is 42.6 Å². The Morgan fingerprint density at radius 3 is 2.90 bits per heavy atom. The molecule has 0 radical (unpaired) electrons. The zero-order valence-corrected chi connectivity index (χ0v) is 12.7. The maximum atomic E-state index is 12.7. The van der Waals surface area contributed by atoms with Crippen molar-refractivity contribution in [1.82, 2.24) is 4.90 Å². The molecule has 0 saturated carbocycles. The quantitative estimate of drug-likeness (QED) is 0.859. The standard InChI is InChI=1S/C17H25NO2/c1-12-6-7-13(2)16(9-12)17(20)14(3)18-8-4-5-15(10-18)11-19/h6-7,9,14-15,19H,4-5,8,10-11H2,1-3H3. The first-order valence-corrected chi connectivity index (χ1v) is 7.49. The fourth-order valence-electron chi connectivity index (χ4n) is 2.99. The summed E-state index contributed by atoms with van der Waals surface area (Å²) in [6.07, 6.45) is 2.13. The second-order valence-electron chi connectivity index (χ2n) is 6.04. The van der Waals surface area contributed by atoms with E-state index in [4.69, 9.17) is 0 Å². The number of aliphatic hydroxyl groups is 1. The van der Waals surface area contributed by atoms with Crippen molar-refractivity contribution in [3.8, 4) is 0 Å². The normalized spacial score (nSPS) is 21.7. The summed E-state index contributed by atoms with van der Waals surface area (Å²) >= 11 is 0. The largest absolute Gasteiger partial charge is 0.396 e. The Balaban J connectivity index is 2.13.